The molecule has 20 heavy (non-hydrogen) atoms. The van der Waals surface area contributed by atoms with Crippen molar-refractivity contribution >= 4 is 28.8 Å². The van der Waals surface area contributed by atoms with Crippen LogP contribution < -0.4 is 11.1 Å². The average Bonchev–Trinajstić information content (AvgIpc) is 2.41. The van der Waals surface area contributed by atoms with Gasteiger partial charge in [-0.1, -0.05) is 12.2 Å². The van der Waals surface area contributed by atoms with Crippen molar-refractivity contribution in [3.8, 4) is 0 Å². The first-order valence-corrected chi connectivity index (χ1v) is 6.22. The van der Waals surface area contributed by atoms with Crippen LogP contribution in [-0.4, -0.2) is 15.9 Å². The van der Waals surface area contributed by atoms with Crippen LogP contribution >= 0.6 is 12.2 Å². The predicted octanol–water partition coefficient (Wildman–Crippen LogP) is 2.42. The summed E-state index contributed by atoms with van der Waals surface area (Å²) in [6, 6.07) is 7.39. The Morgan fingerprint density at radius 3 is 2.75 bits per heavy atom. The van der Waals surface area contributed by atoms with Crippen molar-refractivity contribution in [2.75, 3.05) is 5.32 Å². The second-order valence-corrected chi connectivity index (χ2v) is 4.59. The lowest BCUT2D eigenvalue weighted by atomic mass is 10.1. The smallest absolute Gasteiger partial charge is 0.257 e. The first kappa shape index (κ1) is 14.1. The summed E-state index contributed by atoms with van der Waals surface area (Å²) in [4.78, 5) is 16.1. The van der Waals surface area contributed by atoms with E-state index in [2.05, 4.69) is 10.3 Å². The van der Waals surface area contributed by atoms with Gasteiger partial charge in [0.25, 0.3) is 5.91 Å². The van der Waals surface area contributed by atoms with Crippen LogP contribution in [0.4, 0.5) is 10.1 Å². The van der Waals surface area contributed by atoms with Crippen molar-refractivity contribution in [1.82, 2.24) is 4.98 Å². The van der Waals surface area contributed by atoms with Gasteiger partial charge in [-0.25, -0.2) is 4.39 Å². The van der Waals surface area contributed by atoms with Crippen molar-refractivity contribution < 1.29 is 9.18 Å². The Morgan fingerprint density at radius 2 is 2.10 bits per heavy atom. The van der Waals surface area contributed by atoms with E-state index in [1.165, 1.54) is 18.2 Å². The third kappa shape index (κ3) is 2.97. The number of thiocarbonyl (C=S) groups is 1. The molecule has 0 saturated carbocycles. The van der Waals surface area contributed by atoms with Crippen molar-refractivity contribution in [1.29, 1.82) is 0 Å². The van der Waals surface area contributed by atoms with Gasteiger partial charge in [-0.2, -0.15) is 0 Å². The molecule has 0 aliphatic carbocycles. The van der Waals surface area contributed by atoms with Gasteiger partial charge >= 0.3 is 0 Å². The molecule has 6 heteroatoms. The summed E-state index contributed by atoms with van der Waals surface area (Å²) in [6.07, 6.45) is 1.61. The van der Waals surface area contributed by atoms with Gasteiger partial charge in [0.05, 0.1) is 5.56 Å². The molecule has 2 aromatic rings. The second-order valence-electron chi connectivity index (χ2n) is 4.15. The lowest BCUT2D eigenvalue weighted by Crippen LogP contribution is -2.16. The number of nitrogens with one attached hydrogen (secondary N) is 1. The van der Waals surface area contributed by atoms with Gasteiger partial charge in [-0.05, 0) is 37.3 Å². The third-order valence-corrected chi connectivity index (χ3v) is 2.96. The van der Waals surface area contributed by atoms with Gasteiger partial charge in [0.2, 0.25) is 0 Å². The number of amides is 1. The van der Waals surface area contributed by atoms with Crippen molar-refractivity contribution in [2.24, 2.45) is 5.73 Å². The maximum absolute atomic E-state index is 13.5. The first-order valence-electron chi connectivity index (χ1n) is 5.81. The monoisotopic (exact) mass is 289 g/mol. The van der Waals surface area contributed by atoms with Crippen LogP contribution in [-0.2, 0) is 0 Å². The summed E-state index contributed by atoms with van der Waals surface area (Å²) < 4.78 is 13.5. The molecule has 0 fully saturated rings. The SMILES string of the molecule is Cc1ncccc1C(=O)Nc1ccc(F)c(C(N)=S)c1. The Kier molecular flexibility index (Phi) is 4.05. The van der Waals surface area contributed by atoms with Gasteiger partial charge in [-0.3, -0.25) is 9.78 Å². The number of nitrogens with two attached hydrogens (primary N) is 1. The number of rotatable bonds is 3. The first-order chi connectivity index (χ1) is 9.49. The quantitative estimate of drug-likeness (QED) is 0.852. The summed E-state index contributed by atoms with van der Waals surface area (Å²) in [7, 11) is 0. The molecule has 1 aromatic carbocycles. The molecule has 2 rings (SSSR count). The van der Waals surface area contributed by atoms with E-state index in [-0.39, 0.29) is 16.5 Å². The third-order valence-electron chi connectivity index (χ3n) is 2.74. The minimum absolute atomic E-state index is 0.0591. The summed E-state index contributed by atoms with van der Waals surface area (Å²) in [5, 5.41) is 2.66. The van der Waals surface area contributed by atoms with E-state index >= 15 is 0 Å². The minimum Gasteiger partial charge on any atom is -0.389 e. The van der Waals surface area contributed by atoms with Gasteiger partial charge in [0.1, 0.15) is 10.8 Å². The molecule has 0 spiro atoms. The Bertz CT molecular complexity index is 688. The standard InChI is InChI=1S/C14H12FN3OS/c1-8-10(3-2-6-17-8)14(19)18-9-4-5-12(15)11(7-9)13(16)20/h2-7H,1H3,(H2,16,20)(H,18,19). The molecule has 1 amide bonds. The number of benzene rings is 1. The number of aryl methyl sites for hydroxylation is 1. The molecule has 0 aliphatic heterocycles. The summed E-state index contributed by atoms with van der Waals surface area (Å²) in [5.74, 6) is -0.843. The Labute approximate surface area is 120 Å². The number of anilines is 1. The molecule has 0 bridgehead atoms. The van der Waals surface area contributed by atoms with Crippen LogP contribution in [0, 0.1) is 12.7 Å². The lowest BCUT2D eigenvalue weighted by molar-refractivity contribution is 0.102. The average molecular weight is 289 g/mol. The number of carbonyl (C=O) groups excluding carboxylic acids is 1. The Hall–Kier alpha value is -2.34. The lowest BCUT2D eigenvalue weighted by Gasteiger charge is -2.09. The van der Waals surface area contributed by atoms with E-state index < -0.39 is 5.82 Å². The zero-order valence-corrected chi connectivity index (χ0v) is 11.5. The Morgan fingerprint density at radius 1 is 1.35 bits per heavy atom. The topological polar surface area (TPSA) is 68.0 Å². The number of hydrogen-bond acceptors (Lipinski definition) is 3. The van der Waals surface area contributed by atoms with E-state index in [0.717, 1.165) is 0 Å². The van der Waals surface area contributed by atoms with Gasteiger partial charge < -0.3 is 11.1 Å². The van der Waals surface area contributed by atoms with Gasteiger partial charge in [0.15, 0.2) is 0 Å². The van der Waals surface area contributed by atoms with Crippen molar-refractivity contribution in [3.63, 3.8) is 0 Å². The van der Waals surface area contributed by atoms with Crippen LogP contribution in [0.5, 0.6) is 0 Å². The molecule has 0 unspecified atom stereocenters. The van der Waals surface area contributed by atoms with Crippen molar-refractivity contribution in [3.05, 3.63) is 59.2 Å². The molecule has 3 N–H and O–H groups in total. The zero-order chi connectivity index (χ0) is 14.7. The number of carbonyl (C=O) groups is 1. The fourth-order valence-corrected chi connectivity index (χ4v) is 1.87. The molecular weight excluding hydrogens is 277 g/mol. The van der Waals surface area contributed by atoms with E-state index in [1.54, 1.807) is 25.3 Å². The molecule has 0 radical (unpaired) electrons. The number of halogens is 1. The van der Waals surface area contributed by atoms with Crippen molar-refractivity contribution in [2.45, 2.75) is 6.92 Å². The molecule has 1 aromatic heterocycles. The largest absolute Gasteiger partial charge is 0.389 e. The predicted molar refractivity (Wildman–Crippen MR) is 79.2 cm³/mol. The highest BCUT2D eigenvalue weighted by Crippen LogP contribution is 2.16. The van der Waals surface area contributed by atoms with Crippen LogP contribution in [0.15, 0.2) is 36.5 Å². The highest BCUT2D eigenvalue weighted by atomic mass is 32.1. The fraction of sp³-hybridized carbons (Fsp3) is 0.0714. The minimum atomic E-state index is -0.520. The zero-order valence-electron chi connectivity index (χ0n) is 10.7. The van der Waals surface area contributed by atoms with Crippen LogP contribution in [0.1, 0.15) is 21.6 Å². The molecule has 0 aliphatic rings. The molecule has 1 heterocycles. The number of nitrogens with zero attached hydrogens (tertiary/aromatic N) is 1. The summed E-state index contributed by atoms with van der Waals surface area (Å²) in [5.41, 5.74) is 7.00. The number of hydrogen-bond donors (Lipinski definition) is 2. The maximum atomic E-state index is 13.5. The molecule has 0 atom stereocenters. The second kappa shape index (κ2) is 5.75. The van der Waals surface area contributed by atoms with Crippen LogP contribution in [0.2, 0.25) is 0 Å². The van der Waals surface area contributed by atoms with Gasteiger partial charge in [0, 0.05) is 23.1 Å². The highest BCUT2D eigenvalue weighted by Gasteiger charge is 2.11. The molecule has 0 saturated heterocycles. The van der Waals surface area contributed by atoms with E-state index in [1.807, 2.05) is 0 Å². The summed E-state index contributed by atoms with van der Waals surface area (Å²) in [6.45, 7) is 1.74. The number of pyridine rings is 1. The van der Waals surface area contributed by atoms with Crippen LogP contribution in [0.3, 0.4) is 0 Å². The number of aromatic nitrogens is 1. The van der Waals surface area contributed by atoms with E-state index in [0.29, 0.717) is 16.9 Å². The van der Waals surface area contributed by atoms with E-state index in [9.17, 15) is 9.18 Å². The Balaban J connectivity index is 2.27. The van der Waals surface area contributed by atoms with Crippen LogP contribution in [0.25, 0.3) is 0 Å². The summed E-state index contributed by atoms with van der Waals surface area (Å²) >= 11 is 4.75. The van der Waals surface area contributed by atoms with Gasteiger partial charge in [-0.15, -0.1) is 0 Å². The maximum Gasteiger partial charge on any atom is 0.257 e. The fourth-order valence-electron chi connectivity index (χ4n) is 1.71. The van der Waals surface area contributed by atoms with E-state index in [4.69, 9.17) is 18.0 Å². The highest BCUT2D eigenvalue weighted by molar-refractivity contribution is 7.80. The molecule has 102 valence electrons. The molecule has 4 nitrogen and oxygen atoms in total. The normalized spacial score (nSPS) is 10.1. The molecular formula is C14H12FN3OS.